The number of methoxy groups -OCH3 is 1. The van der Waals surface area contributed by atoms with Gasteiger partial charge in [0.2, 0.25) is 0 Å². The number of ether oxygens (including phenoxy) is 4. The van der Waals surface area contributed by atoms with Crippen LogP contribution in [0.5, 0.6) is 23.0 Å². The second-order valence-corrected chi connectivity index (χ2v) is 15.7. The summed E-state index contributed by atoms with van der Waals surface area (Å²) in [4.78, 5) is 42.4. The van der Waals surface area contributed by atoms with Crippen molar-refractivity contribution >= 4 is 46.2 Å². The molecule has 9 atom stereocenters. The van der Waals surface area contributed by atoms with Gasteiger partial charge in [0.05, 0.1) is 53.0 Å². The van der Waals surface area contributed by atoms with E-state index in [4.69, 9.17) is 18.9 Å². The Morgan fingerprint density at radius 2 is 1.60 bits per heavy atom. The van der Waals surface area contributed by atoms with E-state index in [-0.39, 0.29) is 44.5 Å². The first-order chi connectivity index (χ1) is 28.2. The second-order valence-electron chi connectivity index (χ2n) is 15.7. The molecule has 2 aromatic rings. The molecule has 6 N–H and O–H groups in total. The van der Waals surface area contributed by atoms with Crippen LogP contribution < -0.4 is 10.1 Å². The monoisotopic (exact) mass is 836 g/mol. The Morgan fingerprint density at radius 3 is 2.20 bits per heavy atom. The first-order valence-corrected chi connectivity index (χ1v) is 20.1. The molecule has 5 bridgehead atoms. The molecule has 0 aliphatic carbocycles. The van der Waals surface area contributed by atoms with Crippen LogP contribution in [-0.2, 0) is 23.8 Å². The number of rotatable bonds is 6. The average Bonchev–Trinajstić information content (AvgIpc) is 3.47. The van der Waals surface area contributed by atoms with E-state index < -0.39 is 88.8 Å². The van der Waals surface area contributed by atoms with Gasteiger partial charge in [-0.15, -0.1) is 5.10 Å². The molecular formula is C44H60N4O12. The van der Waals surface area contributed by atoms with Gasteiger partial charge in [-0.25, -0.2) is 0 Å². The van der Waals surface area contributed by atoms with Crippen molar-refractivity contribution in [3.63, 3.8) is 0 Å². The fourth-order valence-electron chi connectivity index (χ4n) is 7.79. The summed E-state index contributed by atoms with van der Waals surface area (Å²) < 4.78 is 23.6. The molecule has 0 saturated heterocycles. The number of allylic oxidation sites excluding steroid dienone is 2. The molecule has 3 aliphatic heterocycles. The number of nitrogens with one attached hydrogen (secondary N) is 1. The first kappa shape index (κ1) is 47.2. The van der Waals surface area contributed by atoms with E-state index in [1.54, 1.807) is 46.8 Å². The normalized spacial score (nSPS) is 30.1. The van der Waals surface area contributed by atoms with Crippen molar-refractivity contribution in [3.05, 3.63) is 52.8 Å². The van der Waals surface area contributed by atoms with Gasteiger partial charge in [-0.2, -0.15) is 5.10 Å². The van der Waals surface area contributed by atoms with Crippen molar-refractivity contribution in [2.45, 2.75) is 106 Å². The SMILES string of the molecule is CCN(CC)/C(C)=N/N=Cc1c2c(O)c3c(O)c(C)c4c(c3c1O)C(=O)[C@@](C)(O/C=C/[C@H](OC)[C@@H](C)[C@@H](OC(C)=O)[C@H](C)[C@H](O)[C@H](C)[C@@H](O)[C@@H](C)/C=C/C=C(/C)C(=O)N2)O4. The van der Waals surface area contributed by atoms with Gasteiger partial charge in [-0.1, -0.05) is 45.9 Å². The van der Waals surface area contributed by atoms with Crippen LogP contribution in [0.15, 0.2) is 46.3 Å². The number of aromatic hydroxyl groups is 3. The molecule has 1 amide bonds. The van der Waals surface area contributed by atoms with Gasteiger partial charge in [0.1, 0.15) is 29.2 Å². The third-order valence-corrected chi connectivity index (χ3v) is 11.6. The molecule has 2 aromatic carbocycles. The number of aliphatic hydroxyl groups excluding tert-OH is 2. The zero-order chi connectivity index (χ0) is 45.0. The highest BCUT2D eigenvalue weighted by atomic mass is 16.7. The number of anilines is 1. The number of amides is 1. The molecule has 328 valence electrons. The molecule has 0 spiro atoms. The molecule has 3 heterocycles. The van der Waals surface area contributed by atoms with Crippen molar-refractivity contribution in [2.75, 3.05) is 25.5 Å². The number of carbonyl (C=O) groups is 3. The summed E-state index contributed by atoms with van der Waals surface area (Å²) in [6.07, 6.45) is 4.58. The number of aliphatic hydroxyl groups is 2. The summed E-state index contributed by atoms with van der Waals surface area (Å²) in [6, 6.07) is 0. The van der Waals surface area contributed by atoms with E-state index in [2.05, 4.69) is 15.5 Å². The van der Waals surface area contributed by atoms with Gasteiger partial charge in [0.25, 0.3) is 11.7 Å². The molecule has 60 heavy (non-hydrogen) atoms. The molecule has 16 heteroatoms. The molecule has 16 nitrogen and oxygen atoms in total. The number of ketones is 1. The van der Waals surface area contributed by atoms with E-state index in [9.17, 15) is 39.9 Å². The van der Waals surface area contributed by atoms with Crippen molar-refractivity contribution in [2.24, 2.45) is 33.9 Å². The zero-order valence-electron chi connectivity index (χ0n) is 36.4. The van der Waals surface area contributed by atoms with Crippen molar-refractivity contribution in [3.8, 4) is 23.0 Å². The van der Waals surface area contributed by atoms with Crippen molar-refractivity contribution in [1.82, 2.24) is 4.90 Å². The number of phenolic OH excluding ortho intramolecular Hbond substituents is 3. The van der Waals surface area contributed by atoms with Crippen LogP contribution in [0.25, 0.3) is 10.8 Å². The number of benzene rings is 2. The Bertz CT molecular complexity index is 2120. The second kappa shape index (κ2) is 19.3. The van der Waals surface area contributed by atoms with E-state index in [0.717, 1.165) is 6.21 Å². The largest absolute Gasteiger partial charge is 0.507 e. The Hall–Kier alpha value is -5.45. The smallest absolute Gasteiger partial charge is 0.312 e. The Kier molecular flexibility index (Phi) is 15.2. The third kappa shape index (κ3) is 9.30. The maximum atomic E-state index is 14.4. The number of phenols is 3. The topological polar surface area (TPSA) is 229 Å². The number of Topliss-reactive ketones (excluding diaryl/α,β-unsaturated/α-hetero) is 1. The lowest BCUT2D eigenvalue weighted by Crippen LogP contribution is -2.46. The lowest BCUT2D eigenvalue weighted by Gasteiger charge is -2.38. The third-order valence-electron chi connectivity index (χ3n) is 11.6. The number of esters is 1. The van der Waals surface area contributed by atoms with E-state index in [1.807, 2.05) is 18.7 Å². The zero-order valence-corrected chi connectivity index (χ0v) is 36.4. The van der Waals surface area contributed by atoms with Gasteiger partial charge in [0, 0.05) is 74.2 Å². The highest BCUT2D eigenvalue weighted by Gasteiger charge is 2.50. The van der Waals surface area contributed by atoms with E-state index >= 15 is 0 Å². The van der Waals surface area contributed by atoms with Crippen molar-refractivity contribution in [1.29, 1.82) is 0 Å². The maximum absolute atomic E-state index is 14.4. The van der Waals surface area contributed by atoms with Crippen LogP contribution in [0.2, 0.25) is 0 Å². The Labute approximate surface area is 350 Å². The minimum Gasteiger partial charge on any atom is -0.507 e. The number of amidine groups is 1. The molecule has 5 rings (SSSR count). The highest BCUT2D eigenvalue weighted by molar-refractivity contribution is 6.23. The van der Waals surface area contributed by atoms with Crippen LogP contribution >= 0.6 is 0 Å². The number of fused-ring (bicyclic) bond motifs is 14. The quantitative estimate of drug-likeness (QED) is 0.0502. The van der Waals surface area contributed by atoms with E-state index in [1.165, 1.54) is 53.2 Å². The molecule has 0 radical (unpaired) electrons. The first-order valence-electron chi connectivity index (χ1n) is 20.1. The van der Waals surface area contributed by atoms with Crippen LogP contribution in [0.1, 0.15) is 90.7 Å². The molecule has 0 unspecified atom stereocenters. The van der Waals surface area contributed by atoms with E-state index in [0.29, 0.717) is 18.9 Å². The van der Waals surface area contributed by atoms with Crippen LogP contribution in [-0.4, -0.2) is 111 Å². The predicted octanol–water partition coefficient (Wildman–Crippen LogP) is 5.85. The summed E-state index contributed by atoms with van der Waals surface area (Å²) in [5.41, 5.74) is -0.591. The van der Waals surface area contributed by atoms with Crippen LogP contribution in [0.3, 0.4) is 0 Å². The number of hydrogen-bond acceptors (Lipinski definition) is 14. The Balaban J connectivity index is 2.00. The van der Waals surface area contributed by atoms with Crippen LogP contribution in [0.4, 0.5) is 5.69 Å². The highest BCUT2D eigenvalue weighted by Crippen LogP contribution is 2.55. The lowest BCUT2D eigenvalue weighted by atomic mass is 9.78. The van der Waals surface area contributed by atoms with Crippen LogP contribution in [0, 0.1) is 30.6 Å². The lowest BCUT2D eigenvalue weighted by molar-refractivity contribution is -0.160. The Morgan fingerprint density at radius 1 is 0.950 bits per heavy atom. The van der Waals surface area contributed by atoms with Gasteiger partial charge in [-0.05, 0) is 40.7 Å². The van der Waals surface area contributed by atoms with Crippen molar-refractivity contribution < 1.29 is 58.9 Å². The van der Waals surface area contributed by atoms with Gasteiger partial charge in [-0.3, -0.25) is 14.4 Å². The molecule has 3 aliphatic rings. The fourth-order valence-corrected chi connectivity index (χ4v) is 7.79. The summed E-state index contributed by atoms with van der Waals surface area (Å²) >= 11 is 0. The molecular weight excluding hydrogens is 776 g/mol. The summed E-state index contributed by atoms with van der Waals surface area (Å²) in [7, 11) is 1.43. The maximum Gasteiger partial charge on any atom is 0.312 e. The van der Waals surface area contributed by atoms with Gasteiger partial charge in [0.15, 0.2) is 5.75 Å². The summed E-state index contributed by atoms with van der Waals surface area (Å²) in [6.45, 7) is 19.4. The minimum absolute atomic E-state index is 0.0347. The minimum atomic E-state index is -2.07. The average molecular weight is 837 g/mol. The standard InChI is InChI=1S/C44H60N4O12/c1-13-48(14-2)27(9)47-45-20-29-34-39(54)32-31(38(29)53)33-41(26(8)37(32)52)60-44(11,42(33)55)58-19-18-30(57-12)23(5)40(59-28(10)49)25(7)36(51)24(6)35(50)21(3)16-15-17-22(4)43(56)46-34/h15-21,23-25,30,35-36,40,50-54H,13-14H2,1-12H3,(H,46,56)/b16-15+,19-18+,22-17-,45-20?,47-27+/t21-,23+,24+,25+,30-,35-,36+,40+,44-/m0/s1. The predicted molar refractivity (Wildman–Crippen MR) is 227 cm³/mol. The number of hydrogen-bond donors (Lipinski definition) is 6. The molecule has 0 aromatic heterocycles. The summed E-state index contributed by atoms with van der Waals surface area (Å²) in [5, 5.41) is 68.7. The summed E-state index contributed by atoms with van der Waals surface area (Å²) in [5.74, 6) is -8.09. The van der Waals surface area contributed by atoms with Gasteiger partial charge < -0.3 is 54.7 Å². The number of carbonyl (C=O) groups excluding carboxylic acids is 3. The van der Waals surface area contributed by atoms with Gasteiger partial charge >= 0.3 is 11.8 Å². The molecule has 0 fully saturated rings. The fraction of sp³-hybridized carbons (Fsp3) is 0.523. The molecule has 0 saturated carbocycles. The number of nitrogens with zero attached hydrogens (tertiary/aromatic N) is 3.